The van der Waals surface area contributed by atoms with Crippen LogP contribution in [0, 0.1) is 0 Å². The largest absolute Gasteiger partial charge is 0.494 e. The molecule has 1 unspecified atom stereocenters. The molecule has 0 fully saturated rings. The number of rotatable bonds is 2. The first-order valence-corrected chi connectivity index (χ1v) is 4.92. The third-order valence-electron chi connectivity index (χ3n) is 2.46. The van der Waals surface area contributed by atoms with E-state index in [9.17, 15) is 0 Å². The Balaban J connectivity index is 2.30. The second-order valence-electron chi connectivity index (χ2n) is 3.36. The lowest BCUT2D eigenvalue weighted by Crippen LogP contribution is -2.30. The summed E-state index contributed by atoms with van der Waals surface area (Å²) in [6.07, 6.45) is 1.29. The number of anilines is 1. The van der Waals surface area contributed by atoms with Crippen LogP contribution >= 0.6 is 0 Å². The molecule has 3 heteroatoms. The van der Waals surface area contributed by atoms with Crippen molar-refractivity contribution in [3.05, 3.63) is 18.2 Å². The highest BCUT2D eigenvalue weighted by Crippen LogP contribution is 2.37. The van der Waals surface area contributed by atoms with Crippen molar-refractivity contribution in [1.82, 2.24) is 0 Å². The van der Waals surface area contributed by atoms with Crippen molar-refractivity contribution in [1.29, 1.82) is 0 Å². The van der Waals surface area contributed by atoms with Gasteiger partial charge in [0.05, 0.1) is 13.7 Å². The molecule has 0 aliphatic carbocycles. The van der Waals surface area contributed by atoms with Crippen molar-refractivity contribution in [2.24, 2.45) is 0 Å². The fourth-order valence-corrected chi connectivity index (χ4v) is 1.62. The minimum absolute atomic E-state index is 0.273. The quantitative estimate of drug-likeness (QED) is 0.781. The van der Waals surface area contributed by atoms with Gasteiger partial charge in [0.15, 0.2) is 0 Å². The first-order valence-electron chi connectivity index (χ1n) is 4.92. The molecule has 76 valence electrons. The molecule has 1 aliphatic heterocycles. The molecular weight excluding hydrogens is 178 g/mol. The molecule has 0 radical (unpaired) electrons. The van der Waals surface area contributed by atoms with Gasteiger partial charge in [0, 0.05) is 0 Å². The van der Waals surface area contributed by atoms with E-state index in [1.807, 2.05) is 18.2 Å². The summed E-state index contributed by atoms with van der Waals surface area (Å²) in [5, 5.41) is 3.33. The van der Waals surface area contributed by atoms with E-state index in [1.54, 1.807) is 7.11 Å². The molecule has 14 heavy (non-hydrogen) atoms. The zero-order valence-electron chi connectivity index (χ0n) is 8.54. The normalized spacial score (nSPS) is 19.1. The molecule has 1 N–H and O–H groups in total. The van der Waals surface area contributed by atoms with Gasteiger partial charge in [0.25, 0.3) is 0 Å². The standard InChI is InChI=1S/C11H15NO2/c1-3-8-7-12-11-9(13-2)5-4-6-10(11)14-8/h4-6,8,12H,3,7H2,1-2H3. The molecule has 0 amide bonds. The number of para-hydroxylation sites is 1. The van der Waals surface area contributed by atoms with E-state index < -0.39 is 0 Å². The Morgan fingerprint density at radius 1 is 1.57 bits per heavy atom. The van der Waals surface area contributed by atoms with E-state index in [1.165, 1.54) is 0 Å². The first-order chi connectivity index (χ1) is 6.85. The van der Waals surface area contributed by atoms with Crippen molar-refractivity contribution in [3.63, 3.8) is 0 Å². The maximum atomic E-state index is 5.78. The Labute approximate surface area is 84.0 Å². The van der Waals surface area contributed by atoms with Crippen molar-refractivity contribution >= 4 is 5.69 Å². The molecule has 0 spiro atoms. The average Bonchev–Trinajstić information content (AvgIpc) is 2.27. The van der Waals surface area contributed by atoms with Crippen molar-refractivity contribution in [3.8, 4) is 11.5 Å². The molecule has 1 heterocycles. The van der Waals surface area contributed by atoms with E-state index in [2.05, 4.69) is 12.2 Å². The highest BCUT2D eigenvalue weighted by molar-refractivity contribution is 5.67. The van der Waals surface area contributed by atoms with Crippen LogP contribution < -0.4 is 14.8 Å². The summed E-state index contributed by atoms with van der Waals surface area (Å²) >= 11 is 0. The second-order valence-corrected chi connectivity index (χ2v) is 3.36. The molecule has 1 atom stereocenters. The number of methoxy groups -OCH3 is 1. The predicted octanol–water partition coefficient (Wildman–Crippen LogP) is 2.28. The van der Waals surface area contributed by atoms with Crippen molar-refractivity contribution < 1.29 is 9.47 Å². The molecule has 0 aromatic heterocycles. The lowest BCUT2D eigenvalue weighted by molar-refractivity contribution is 0.200. The van der Waals surface area contributed by atoms with E-state index in [4.69, 9.17) is 9.47 Å². The van der Waals surface area contributed by atoms with Crippen LogP contribution in [0.1, 0.15) is 13.3 Å². The van der Waals surface area contributed by atoms with Crippen LogP contribution in [0.5, 0.6) is 11.5 Å². The smallest absolute Gasteiger partial charge is 0.146 e. The molecule has 1 aliphatic rings. The van der Waals surface area contributed by atoms with Crippen LogP contribution in [0.3, 0.4) is 0 Å². The lowest BCUT2D eigenvalue weighted by atomic mass is 10.2. The van der Waals surface area contributed by atoms with Gasteiger partial charge < -0.3 is 14.8 Å². The summed E-state index contributed by atoms with van der Waals surface area (Å²) < 4.78 is 11.0. The maximum Gasteiger partial charge on any atom is 0.146 e. The van der Waals surface area contributed by atoms with Gasteiger partial charge in [-0.25, -0.2) is 0 Å². The number of ether oxygens (including phenoxy) is 2. The monoisotopic (exact) mass is 193 g/mol. The molecule has 2 rings (SSSR count). The Morgan fingerprint density at radius 3 is 3.14 bits per heavy atom. The van der Waals surface area contributed by atoms with Crippen LogP contribution in [0.25, 0.3) is 0 Å². The summed E-state index contributed by atoms with van der Waals surface area (Å²) in [4.78, 5) is 0. The van der Waals surface area contributed by atoms with Crippen LogP contribution in [0.2, 0.25) is 0 Å². The van der Waals surface area contributed by atoms with Crippen LogP contribution in [0.4, 0.5) is 5.69 Å². The lowest BCUT2D eigenvalue weighted by Gasteiger charge is -2.27. The summed E-state index contributed by atoms with van der Waals surface area (Å²) in [7, 11) is 1.67. The molecular formula is C11H15NO2. The topological polar surface area (TPSA) is 30.5 Å². The Kier molecular flexibility index (Phi) is 2.48. The first kappa shape index (κ1) is 9.19. The highest BCUT2D eigenvalue weighted by atomic mass is 16.5. The average molecular weight is 193 g/mol. The summed E-state index contributed by atoms with van der Waals surface area (Å²) in [6.45, 7) is 2.97. The van der Waals surface area contributed by atoms with Gasteiger partial charge in [-0.2, -0.15) is 0 Å². The van der Waals surface area contributed by atoms with Gasteiger partial charge in [-0.05, 0) is 18.6 Å². The Hall–Kier alpha value is -1.38. The predicted molar refractivity (Wildman–Crippen MR) is 56.2 cm³/mol. The van der Waals surface area contributed by atoms with E-state index in [-0.39, 0.29) is 6.10 Å². The van der Waals surface area contributed by atoms with Gasteiger partial charge >= 0.3 is 0 Å². The molecule has 1 aromatic carbocycles. The van der Waals surface area contributed by atoms with Gasteiger partial charge in [-0.1, -0.05) is 13.0 Å². The summed E-state index contributed by atoms with van der Waals surface area (Å²) in [6, 6.07) is 5.84. The van der Waals surface area contributed by atoms with E-state index >= 15 is 0 Å². The number of fused-ring (bicyclic) bond motifs is 1. The fourth-order valence-electron chi connectivity index (χ4n) is 1.62. The third-order valence-corrected chi connectivity index (χ3v) is 2.46. The molecule has 1 aromatic rings. The SMILES string of the molecule is CCC1CNc2c(OC)cccc2O1. The number of hydrogen-bond donors (Lipinski definition) is 1. The zero-order chi connectivity index (χ0) is 9.97. The van der Waals surface area contributed by atoms with Crippen LogP contribution in [-0.4, -0.2) is 19.8 Å². The minimum Gasteiger partial charge on any atom is -0.494 e. The molecule has 0 saturated carbocycles. The third kappa shape index (κ3) is 1.50. The summed E-state index contributed by atoms with van der Waals surface area (Å²) in [5.41, 5.74) is 0.972. The number of hydrogen-bond acceptors (Lipinski definition) is 3. The Bertz CT molecular complexity index is 325. The van der Waals surface area contributed by atoms with Gasteiger partial charge in [0.1, 0.15) is 23.3 Å². The van der Waals surface area contributed by atoms with E-state index in [0.717, 1.165) is 30.2 Å². The molecule has 0 bridgehead atoms. The van der Waals surface area contributed by atoms with Crippen LogP contribution in [-0.2, 0) is 0 Å². The highest BCUT2D eigenvalue weighted by Gasteiger charge is 2.19. The number of nitrogens with one attached hydrogen (secondary N) is 1. The second kappa shape index (κ2) is 3.78. The Morgan fingerprint density at radius 2 is 2.43 bits per heavy atom. The zero-order valence-corrected chi connectivity index (χ0v) is 8.54. The maximum absolute atomic E-state index is 5.78. The van der Waals surface area contributed by atoms with Gasteiger partial charge in [-0.15, -0.1) is 0 Å². The van der Waals surface area contributed by atoms with Crippen molar-refractivity contribution in [2.75, 3.05) is 19.0 Å². The fraction of sp³-hybridized carbons (Fsp3) is 0.455. The van der Waals surface area contributed by atoms with Crippen LogP contribution in [0.15, 0.2) is 18.2 Å². The summed E-state index contributed by atoms with van der Waals surface area (Å²) in [5.74, 6) is 1.74. The van der Waals surface area contributed by atoms with E-state index in [0.29, 0.717) is 0 Å². The van der Waals surface area contributed by atoms with Gasteiger partial charge in [-0.3, -0.25) is 0 Å². The number of benzene rings is 1. The van der Waals surface area contributed by atoms with Gasteiger partial charge in [0.2, 0.25) is 0 Å². The minimum atomic E-state index is 0.273. The van der Waals surface area contributed by atoms with Crippen molar-refractivity contribution in [2.45, 2.75) is 19.4 Å². The molecule has 3 nitrogen and oxygen atoms in total. The molecule has 0 saturated heterocycles.